The molecule has 2 heterocycles. The maximum absolute atomic E-state index is 13.5. The first-order valence-electron chi connectivity index (χ1n) is 9.60. The number of rotatable bonds is 3. The van der Waals surface area contributed by atoms with E-state index >= 15 is 0 Å². The first-order chi connectivity index (χ1) is 14.9. The molecule has 0 aliphatic rings. The Morgan fingerprint density at radius 2 is 1.48 bits per heavy atom. The number of nitrogens with one attached hydrogen (secondary N) is 1. The predicted molar refractivity (Wildman–Crippen MR) is 114 cm³/mol. The van der Waals surface area contributed by atoms with E-state index in [-0.39, 0.29) is 5.78 Å². The number of ketones is 1. The number of carbonyl (C=O) groups excluding carboxylic acids is 1. The van der Waals surface area contributed by atoms with Gasteiger partial charge in [-0.2, -0.15) is 13.2 Å². The first-order valence-corrected chi connectivity index (χ1v) is 9.60. The van der Waals surface area contributed by atoms with Gasteiger partial charge in [0.15, 0.2) is 5.78 Å². The molecule has 0 amide bonds. The smallest absolute Gasteiger partial charge is 0.354 e. The first kappa shape index (κ1) is 19.1. The molecule has 1 N–H and O–H groups in total. The largest absolute Gasteiger partial charge is 0.416 e. The van der Waals surface area contributed by atoms with Crippen LogP contribution in [0.3, 0.4) is 0 Å². The standard InChI is InChI=1S/C25H15F3N2O/c26-25(27,28)17-12-10-15(11-13-17)22-21(24(31)16-6-2-1-3-7-16)23-19(14-29-22)18-8-4-5-9-20(18)30-23/h1-14,30H. The third-order valence-electron chi connectivity index (χ3n) is 5.30. The second kappa shape index (κ2) is 7.09. The number of carbonyl (C=O) groups is 1. The molecule has 152 valence electrons. The van der Waals surface area contributed by atoms with Gasteiger partial charge in [0.05, 0.1) is 22.3 Å². The van der Waals surface area contributed by atoms with E-state index < -0.39 is 11.7 Å². The minimum atomic E-state index is -4.43. The molecule has 0 saturated heterocycles. The van der Waals surface area contributed by atoms with Crippen LogP contribution in [0.15, 0.2) is 85.1 Å². The fourth-order valence-corrected chi connectivity index (χ4v) is 3.80. The van der Waals surface area contributed by atoms with Gasteiger partial charge in [-0.25, -0.2) is 0 Å². The number of nitrogens with zero attached hydrogens (tertiary/aromatic N) is 1. The van der Waals surface area contributed by atoms with Crippen molar-refractivity contribution in [3.63, 3.8) is 0 Å². The van der Waals surface area contributed by atoms with Crippen LogP contribution >= 0.6 is 0 Å². The topological polar surface area (TPSA) is 45.8 Å². The molecule has 0 atom stereocenters. The number of aromatic nitrogens is 2. The second-order valence-corrected chi connectivity index (χ2v) is 7.21. The Morgan fingerprint density at radius 3 is 2.19 bits per heavy atom. The van der Waals surface area contributed by atoms with Crippen molar-refractivity contribution in [3.8, 4) is 11.3 Å². The molecule has 6 heteroatoms. The SMILES string of the molecule is O=C(c1ccccc1)c1c(-c2ccc(C(F)(F)F)cc2)ncc2c1[nH]c1ccccc12. The summed E-state index contributed by atoms with van der Waals surface area (Å²) in [5, 5.41) is 1.71. The molecule has 0 radical (unpaired) electrons. The molecule has 2 aromatic heterocycles. The Bertz CT molecular complexity index is 1420. The summed E-state index contributed by atoms with van der Waals surface area (Å²) in [6.07, 6.45) is -2.78. The molecule has 3 nitrogen and oxygen atoms in total. The number of H-pyrrole nitrogens is 1. The highest BCUT2D eigenvalue weighted by atomic mass is 19.4. The van der Waals surface area contributed by atoms with E-state index in [9.17, 15) is 18.0 Å². The molecule has 0 saturated carbocycles. The normalized spacial score (nSPS) is 11.8. The Labute approximate surface area is 175 Å². The van der Waals surface area contributed by atoms with Crippen LogP contribution in [0.4, 0.5) is 13.2 Å². The average Bonchev–Trinajstić information content (AvgIpc) is 3.17. The van der Waals surface area contributed by atoms with Gasteiger partial charge in [-0.1, -0.05) is 60.7 Å². The molecule has 3 aromatic carbocycles. The zero-order valence-electron chi connectivity index (χ0n) is 16.1. The lowest BCUT2D eigenvalue weighted by Crippen LogP contribution is -2.07. The van der Waals surface area contributed by atoms with E-state index in [0.29, 0.717) is 27.9 Å². The number of hydrogen-bond donors (Lipinski definition) is 1. The van der Waals surface area contributed by atoms with Gasteiger partial charge in [0.1, 0.15) is 0 Å². The molecule has 0 unspecified atom stereocenters. The fourth-order valence-electron chi connectivity index (χ4n) is 3.80. The molecule has 5 rings (SSSR count). The summed E-state index contributed by atoms with van der Waals surface area (Å²) in [6, 6.07) is 21.1. The number of aromatic amines is 1. The second-order valence-electron chi connectivity index (χ2n) is 7.21. The van der Waals surface area contributed by atoms with Crippen LogP contribution in [0.5, 0.6) is 0 Å². The lowest BCUT2D eigenvalue weighted by atomic mass is 9.95. The summed E-state index contributed by atoms with van der Waals surface area (Å²) in [4.78, 5) is 21.3. The van der Waals surface area contributed by atoms with Crippen molar-refractivity contribution in [2.45, 2.75) is 6.18 Å². The van der Waals surface area contributed by atoms with E-state index in [4.69, 9.17) is 0 Å². The van der Waals surface area contributed by atoms with Gasteiger partial charge in [0.25, 0.3) is 0 Å². The number of para-hydroxylation sites is 1. The maximum atomic E-state index is 13.5. The average molecular weight is 416 g/mol. The summed E-state index contributed by atoms with van der Waals surface area (Å²) < 4.78 is 39.0. The van der Waals surface area contributed by atoms with Crippen LogP contribution in [0, 0.1) is 0 Å². The number of benzene rings is 3. The monoisotopic (exact) mass is 416 g/mol. The Balaban J connectivity index is 1.78. The van der Waals surface area contributed by atoms with Gasteiger partial charge in [-0.15, -0.1) is 0 Å². The summed E-state index contributed by atoms with van der Waals surface area (Å²) >= 11 is 0. The summed E-state index contributed by atoms with van der Waals surface area (Å²) in [7, 11) is 0. The predicted octanol–water partition coefficient (Wildman–Crippen LogP) is 6.63. The quantitative estimate of drug-likeness (QED) is 0.336. The minimum Gasteiger partial charge on any atom is -0.354 e. The third kappa shape index (κ3) is 3.26. The van der Waals surface area contributed by atoms with Crippen molar-refractivity contribution in [1.29, 1.82) is 0 Å². The van der Waals surface area contributed by atoms with Crippen LogP contribution in [0.25, 0.3) is 33.1 Å². The van der Waals surface area contributed by atoms with E-state index in [0.717, 1.165) is 28.4 Å². The van der Waals surface area contributed by atoms with Crippen molar-refractivity contribution < 1.29 is 18.0 Å². The van der Waals surface area contributed by atoms with E-state index in [1.807, 2.05) is 30.3 Å². The Morgan fingerprint density at radius 1 is 0.806 bits per heavy atom. The van der Waals surface area contributed by atoms with Gasteiger partial charge in [-0.05, 0) is 18.2 Å². The molecule has 5 aromatic rings. The van der Waals surface area contributed by atoms with Gasteiger partial charge < -0.3 is 4.98 Å². The molecule has 0 aliphatic carbocycles. The maximum Gasteiger partial charge on any atom is 0.416 e. The summed E-state index contributed by atoms with van der Waals surface area (Å²) in [5.74, 6) is -0.250. The van der Waals surface area contributed by atoms with Crippen LogP contribution in [0.1, 0.15) is 21.5 Å². The lowest BCUT2D eigenvalue weighted by Gasteiger charge is -2.12. The van der Waals surface area contributed by atoms with Gasteiger partial charge >= 0.3 is 6.18 Å². The van der Waals surface area contributed by atoms with E-state index in [1.165, 1.54) is 12.1 Å². The van der Waals surface area contributed by atoms with E-state index in [1.54, 1.807) is 30.5 Å². The fraction of sp³-hybridized carbons (Fsp3) is 0.0400. The van der Waals surface area contributed by atoms with E-state index in [2.05, 4.69) is 9.97 Å². The number of alkyl halides is 3. The molecule has 0 spiro atoms. The molecule has 0 bridgehead atoms. The molecule has 0 aliphatic heterocycles. The lowest BCUT2D eigenvalue weighted by molar-refractivity contribution is -0.137. The highest BCUT2D eigenvalue weighted by Crippen LogP contribution is 2.35. The van der Waals surface area contributed by atoms with Crippen molar-refractivity contribution in [2.24, 2.45) is 0 Å². The third-order valence-corrected chi connectivity index (χ3v) is 5.30. The Kier molecular flexibility index (Phi) is 4.36. The molecular formula is C25H15F3N2O. The van der Waals surface area contributed by atoms with Crippen molar-refractivity contribution in [2.75, 3.05) is 0 Å². The molecular weight excluding hydrogens is 401 g/mol. The van der Waals surface area contributed by atoms with Crippen LogP contribution in [0.2, 0.25) is 0 Å². The Hall–Kier alpha value is -3.93. The van der Waals surface area contributed by atoms with Crippen LogP contribution in [-0.2, 0) is 6.18 Å². The minimum absolute atomic E-state index is 0.250. The van der Waals surface area contributed by atoms with Crippen LogP contribution < -0.4 is 0 Å². The van der Waals surface area contributed by atoms with Crippen molar-refractivity contribution in [3.05, 3.63) is 102 Å². The van der Waals surface area contributed by atoms with Gasteiger partial charge in [0.2, 0.25) is 0 Å². The molecule has 31 heavy (non-hydrogen) atoms. The zero-order chi connectivity index (χ0) is 21.6. The molecule has 0 fully saturated rings. The number of hydrogen-bond acceptors (Lipinski definition) is 2. The van der Waals surface area contributed by atoms with Gasteiger partial charge in [0, 0.05) is 33.6 Å². The highest BCUT2D eigenvalue weighted by molar-refractivity contribution is 6.22. The van der Waals surface area contributed by atoms with Crippen molar-refractivity contribution in [1.82, 2.24) is 9.97 Å². The summed E-state index contributed by atoms with van der Waals surface area (Å²) in [5.41, 5.74) is 2.29. The highest BCUT2D eigenvalue weighted by Gasteiger charge is 2.30. The van der Waals surface area contributed by atoms with Crippen LogP contribution in [-0.4, -0.2) is 15.8 Å². The number of halogens is 3. The number of fused-ring (bicyclic) bond motifs is 3. The van der Waals surface area contributed by atoms with Gasteiger partial charge in [-0.3, -0.25) is 9.78 Å². The zero-order valence-corrected chi connectivity index (χ0v) is 16.1. The summed E-state index contributed by atoms with van der Waals surface area (Å²) in [6.45, 7) is 0. The van der Waals surface area contributed by atoms with Crippen molar-refractivity contribution >= 4 is 27.6 Å². The number of pyridine rings is 1.